The fourth-order valence-corrected chi connectivity index (χ4v) is 3.15. The lowest BCUT2D eigenvalue weighted by Crippen LogP contribution is -2.36. The number of nitro benzene ring substituents is 1. The zero-order valence-electron chi connectivity index (χ0n) is 14.3. The molecule has 1 unspecified atom stereocenters. The van der Waals surface area contributed by atoms with E-state index in [-0.39, 0.29) is 40.3 Å². The van der Waals surface area contributed by atoms with Crippen molar-refractivity contribution < 1.29 is 28.7 Å². The third-order valence-electron chi connectivity index (χ3n) is 4.29. The average Bonchev–Trinajstić information content (AvgIpc) is 2.99. The molecular formula is C17H16N2O7. The molecule has 136 valence electrons. The molecule has 2 heterocycles. The largest absolute Gasteiger partial charge is 0.496 e. The van der Waals surface area contributed by atoms with E-state index in [4.69, 9.17) is 14.2 Å². The number of esters is 2. The van der Waals surface area contributed by atoms with Crippen molar-refractivity contribution in [3.8, 4) is 5.75 Å². The normalized spacial score (nSPS) is 18.9. The fourth-order valence-electron chi connectivity index (χ4n) is 3.15. The van der Waals surface area contributed by atoms with Crippen LogP contribution in [0.2, 0.25) is 0 Å². The van der Waals surface area contributed by atoms with Gasteiger partial charge in [-0.15, -0.1) is 0 Å². The minimum Gasteiger partial charge on any atom is -0.496 e. The molecule has 26 heavy (non-hydrogen) atoms. The fraction of sp³-hybridized carbons (Fsp3) is 0.294. The Balaban J connectivity index is 2.35. The molecule has 1 N–H and O–H groups in total. The molecule has 0 bridgehead atoms. The number of nitrogens with zero attached hydrogens (tertiary/aromatic N) is 1. The lowest BCUT2D eigenvalue weighted by molar-refractivity contribution is -0.384. The summed E-state index contributed by atoms with van der Waals surface area (Å²) in [6.07, 6.45) is 0. The number of non-ortho nitro benzene ring substituents is 1. The second-order valence-corrected chi connectivity index (χ2v) is 5.72. The molecule has 3 rings (SSSR count). The van der Waals surface area contributed by atoms with Gasteiger partial charge in [0.2, 0.25) is 0 Å². The highest BCUT2D eigenvalue weighted by Gasteiger charge is 2.41. The number of cyclic esters (lactones) is 1. The van der Waals surface area contributed by atoms with E-state index in [0.717, 1.165) is 0 Å². The van der Waals surface area contributed by atoms with Gasteiger partial charge in [-0.3, -0.25) is 10.1 Å². The van der Waals surface area contributed by atoms with E-state index >= 15 is 0 Å². The zero-order chi connectivity index (χ0) is 19.0. The summed E-state index contributed by atoms with van der Waals surface area (Å²) in [5.41, 5.74) is 1.08. The van der Waals surface area contributed by atoms with E-state index in [2.05, 4.69) is 5.32 Å². The van der Waals surface area contributed by atoms with Crippen molar-refractivity contribution in [2.45, 2.75) is 13.0 Å². The molecule has 0 saturated carbocycles. The van der Waals surface area contributed by atoms with Crippen molar-refractivity contribution in [3.63, 3.8) is 0 Å². The highest BCUT2D eigenvalue weighted by atomic mass is 16.6. The Labute approximate surface area is 148 Å². The topological polar surface area (TPSA) is 117 Å². The van der Waals surface area contributed by atoms with Gasteiger partial charge in [0.25, 0.3) is 5.69 Å². The molecule has 2 aliphatic heterocycles. The maximum absolute atomic E-state index is 12.4. The van der Waals surface area contributed by atoms with E-state index in [0.29, 0.717) is 5.70 Å². The van der Waals surface area contributed by atoms with Gasteiger partial charge < -0.3 is 19.5 Å². The number of hydrogen-bond acceptors (Lipinski definition) is 8. The number of allylic oxidation sites excluding steroid dienone is 1. The average molecular weight is 360 g/mol. The zero-order valence-corrected chi connectivity index (χ0v) is 14.3. The molecule has 9 heteroatoms. The molecule has 2 aliphatic rings. The number of benzene rings is 1. The van der Waals surface area contributed by atoms with Gasteiger partial charge in [-0.1, -0.05) is 0 Å². The van der Waals surface area contributed by atoms with E-state index < -0.39 is 22.9 Å². The number of nitro groups is 1. The van der Waals surface area contributed by atoms with Gasteiger partial charge in [-0.05, 0) is 13.0 Å². The predicted molar refractivity (Wildman–Crippen MR) is 89.2 cm³/mol. The van der Waals surface area contributed by atoms with Crippen molar-refractivity contribution in [1.29, 1.82) is 0 Å². The van der Waals surface area contributed by atoms with Crippen LogP contribution < -0.4 is 10.1 Å². The predicted octanol–water partition coefficient (Wildman–Crippen LogP) is 1.33. The Bertz CT molecular complexity index is 885. The van der Waals surface area contributed by atoms with Crippen LogP contribution >= 0.6 is 0 Å². The maximum Gasteiger partial charge on any atom is 0.340 e. The summed E-state index contributed by atoms with van der Waals surface area (Å²) in [6.45, 7) is 1.76. The molecule has 0 spiro atoms. The number of carbonyl (C=O) groups is 2. The summed E-state index contributed by atoms with van der Waals surface area (Å²) in [5, 5.41) is 14.3. The molecule has 0 aromatic heterocycles. The SMILES string of the molecule is COC(=O)C1=C(C)NC2COC(=O)C2=C1c1cc([N+](=O)[O-])ccc1OC. The van der Waals surface area contributed by atoms with Gasteiger partial charge in [0.05, 0.1) is 36.3 Å². The summed E-state index contributed by atoms with van der Waals surface area (Å²) < 4.78 is 15.3. The molecule has 0 amide bonds. The first-order valence-electron chi connectivity index (χ1n) is 7.69. The van der Waals surface area contributed by atoms with Crippen LogP contribution in [0.15, 0.2) is 35.0 Å². The molecule has 9 nitrogen and oxygen atoms in total. The Morgan fingerprint density at radius 2 is 2.12 bits per heavy atom. The van der Waals surface area contributed by atoms with E-state index in [1.54, 1.807) is 6.92 Å². The van der Waals surface area contributed by atoms with E-state index in [9.17, 15) is 19.7 Å². The van der Waals surface area contributed by atoms with Gasteiger partial charge in [-0.25, -0.2) is 9.59 Å². The minimum absolute atomic E-state index is 0.0979. The molecule has 1 saturated heterocycles. The summed E-state index contributed by atoms with van der Waals surface area (Å²) >= 11 is 0. The standard InChI is InChI=1S/C17H16N2O7/c1-8-13(16(20)25-3)14(15-11(18-8)7-26-17(15)21)10-6-9(19(22)23)4-5-12(10)24-2/h4-6,11,18H,7H2,1-3H3. The van der Waals surface area contributed by atoms with Crippen LogP contribution in [0.5, 0.6) is 5.75 Å². The van der Waals surface area contributed by atoms with Crippen LogP contribution in [0.25, 0.3) is 5.57 Å². The molecule has 1 aromatic carbocycles. The Hall–Kier alpha value is -3.36. The summed E-state index contributed by atoms with van der Waals surface area (Å²) in [6, 6.07) is 3.51. The number of ether oxygens (including phenoxy) is 3. The molecule has 0 radical (unpaired) electrons. The Morgan fingerprint density at radius 1 is 1.38 bits per heavy atom. The number of rotatable bonds is 4. The van der Waals surface area contributed by atoms with Crippen LogP contribution in [0, 0.1) is 10.1 Å². The van der Waals surface area contributed by atoms with Crippen LogP contribution in [-0.4, -0.2) is 43.7 Å². The van der Waals surface area contributed by atoms with Gasteiger partial charge >= 0.3 is 11.9 Å². The monoisotopic (exact) mass is 360 g/mol. The van der Waals surface area contributed by atoms with Crippen molar-refractivity contribution in [2.24, 2.45) is 0 Å². The van der Waals surface area contributed by atoms with E-state index in [1.165, 1.54) is 32.4 Å². The van der Waals surface area contributed by atoms with Crippen LogP contribution in [0.4, 0.5) is 5.69 Å². The number of carbonyl (C=O) groups excluding carboxylic acids is 2. The van der Waals surface area contributed by atoms with Gasteiger partial charge in [0, 0.05) is 29.0 Å². The van der Waals surface area contributed by atoms with Gasteiger partial charge in [0.1, 0.15) is 12.4 Å². The molecular weight excluding hydrogens is 344 g/mol. The Kier molecular flexibility index (Phi) is 4.37. The summed E-state index contributed by atoms with van der Waals surface area (Å²) in [7, 11) is 2.62. The lowest BCUT2D eigenvalue weighted by atomic mass is 9.85. The smallest absolute Gasteiger partial charge is 0.340 e. The summed E-state index contributed by atoms with van der Waals surface area (Å²) in [4.78, 5) is 35.3. The number of hydrogen-bond donors (Lipinski definition) is 1. The van der Waals surface area contributed by atoms with Crippen molar-refractivity contribution in [3.05, 3.63) is 50.7 Å². The summed E-state index contributed by atoms with van der Waals surface area (Å²) in [5.74, 6) is -0.989. The first-order valence-corrected chi connectivity index (χ1v) is 7.69. The Morgan fingerprint density at radius 3 is 2.73 bits per heavy atom. The number of fused-ring (bicyclic) bond motifs is 1. The third-order valence-corrected chi connectivity index (χ3v) is 4.29. The van der Waals surface area contributed by atoms with Gasteiger partial charge in [0.15, 0.2) is 0 Å². The molecule has 1 aromatic rings. The second-order valence-electron chi connectivity index (χ2n) is 5.72. The van der Waals surface area contributed by atoms with Gasteiger partial charge in [-0.2, -0.15) is 0 Å². The van der Waals surface area contributed by atoms with Crippen LogP contribution in [0.1, 0.15) is 12.5 Å². The minimum atomic E-state index is -0.677. The van der Waals surface area contributed by atoms with Crippen molar-refractivity contribution in [1.82, 2.24) is 5.32 Å². The van der Waals surface area contributed by atoms with E-state index in [1.807, 2.05) is 0 Å². The molecule has 1 fully saturated rings. The second kappa shape index (κ2) is 6.51. The number of methoxy groups -OCH3 is 2. The maximum atomic E-state index is 12.4. The highest BCUT2D eigenvalue weighted by Crippen LogP contribution is 2.42. The molecule has 1 atom stereocenters. The quantitative estimate of drug-likeness (QED) is 0.485. The van der Waals surface area contributed by atoms with Crippen molar-refractivity contribution >= 4 is 23.2 Å². The highest BCUT2D eigenvalue weighted by molar-refractivity contribution is 6.16. The third kappa shape index (κ3) is 2.67. The number of nitrogens with one attached hydrogen (secondary N) is 1. The lowest BCUT2D eigenvalue weighted by Gasteiger charge is -2.26. The first kappa shape index (κ1) is 17.5. The number of dihydropyridines is 1. The molecule has 0 aliphatic carbocycles. The van der Waals surface area contributed by atoms with Crippen LogP contribution in [0.3, 0.4) is 0 Å². The first-order chi connectivity index (χ1) is 12.4. The van der Waals surface area contributed by atoms with Crippen LogP contribution in [-0.2, 0) is 19.1 Å². The van der Waals surface area contributed by atoms with Crippen molar-refractivity contribution in [2.75, 3.05) is 20.8 Å².